The summed E-state index contributed by atoms with van der Waals surface area (Å²) in [6.45, 7) is 7.70. The van der Waals surface area contributed by atoms with E-state index in [1.54, 1.807) is 7.11 Å². The van der Waals surface area contributed by atoms with Gasteiger partial charge >= 0.3 is 0 Å². The molecule has 0 saturated heterocycles. The summed E-state index contributed by atoms with van der Waals surface area (Å²) in [6.07, 6.45) is 1.04. The molecular formula is C16H27NO2S. The van der Waals surface area contributed by atoms with Crippen LogP contribution in [0.4, 0.5) is 0 Å². The molecule has 0 radical (unpaired) electrons. The third-order valence-electron chi connectivity index (χ3n) is 3.54. The van der Waals surface area contributed by atoms with E-state index in [2.05, 4.69) is 43.4 Å². The molecule has 1 aromatic carbocycles. The highest BCUT2D eigenvalue weighted by molar-refractivity contribution is 7.85. The second-order valence-electron chi connectivity index (χ2n) is 4.91. The fraction of sp³-hybridized carbons (Fsp3) is 0.625. The van der Waals surface area contributed by atoms with E-state index in [0.717, 1.165) is 13.0 Å². The van der Waals surface area contributed by atoms with Crippen LogP contribution in [0.1, 0.15) is 37.9 Å². The van der Waals surface area contributed by atoms with Crippen LogP contribution in [-0.2, 0) is 22.0 Å². The molecule has 0 bridgehead atoms. The minimum atomic E-state index is -0.891. The van der Waals surface area contributed by atoms with Crippen molar-refractivity contribution in [1.29, 1.82) is 0 Å². The number of methoxy groups -OCH3 is 1. The lowest BCUT2D eigenvalue weighted by atomic mass is 10.0. The molecule has 0 aliphatic carbocycles. The first kappa shape index (κ1) is 17.3. The lowest BCUT2D eigenvalue weighted by Crippen LogP contribution is -2.34. The maximum atomic E-state index is 12.3. The molecule has 3 nitrogen and oxygen atoms in total. The number of benzene rings is 1. The Morgan fingerprint density at radius 1 is 1.25 bits per heavy atom. The monoisotopic (exact) mass is 297 g/mol. The quantitative estimate of drug-likeness (QED) is 0.761. The van der Waals surface area contributed by atoms with Crippen molar-refractivity contribution >= 4 is 10.8 Å². The van der Waals surface area contributed by atoms with E-state index in [0.29, 0.717) is 12.4 Å². The summed E-state index contributed by atoms with van der Waals surface area (Å²) in [4.78, 5) is 0. The molecule has 1 N–H and O–H groups in total. The van der Waals surface area contributed by atoms with E-state index in [-0.39, 0.29) is 11.3 Å². The summed E-state index contributed by atoms with van der Waals surface area (Å²) in [5.41, 5.74) is 2.54. The molecule has 0 aromatic heterocycles. The highest BCUT2D eigenvalue weighted by atomic mass is 32.2. The van der Waals surface area contributed by atoms with E-state index in [1.165, 1.54) is 11.1 Å². The smallest absolute Gasteiger partial charge is 0.0577 e. The zero-order valence-electron chi connectivity index (χ0n) is 13.0. The first-order valence-corrected chi connectivity index (χ1v) is 8.70. The van der Waals surface area contributed by atoms with Gasteiger partial charge in [0.15, 0.2) is 0 Å². The summed E-state index contributed by atoms with van der Waals surface area (Å²) in [7, 11) is 0.755. The van der Waals surface area contributed by atoms with Crippen LogP contribution in [0, 0.1) is 0 Å². The van der Waals surface area contributed by atoms with Crippen LogP contribution in [0.5, 0.6) is 0 Å². The van der Waals surface area contributed by atoms with Crippen molar-refractivity contribution in [2.45, 2.75) is 38.5 Å². The van der Waals surface area contributed by atoms with Crippen LogP contribution < -0.4 is 5.32 Å². The number of hydrogen-bond donors (Lipinski definition) is 1. The van der Waals surface area contributed by atoms with E-state index >= 15 is 0 Å². The Labute approximate surface area is 125 Å². The molecule has 4 heteroatoms. The van der Waals surface area contributed by atoms with Crippen LogP contribution >= 0.6 is 0 Å². The molecule has 1 rings (SSSR count). The summed E-state index contributed by atoms with van der Waals surface area (Å²) >= 11 is 0. The molecule has 1 aromatic rings. The van der Waals surface area contributed by atoms with Gasteiger partial charge in [-0.05, 0) is 31.0 Å². The van der Waals surface area contributed by atoms with Crippen molar-refractivity contribution < 1.29 is 8.95 Å². The molecule has 0 heterocycles. The van der Waals surface area contributed by atoms with Crippen LogP contribution in [0.15, 0.2) is 24.3 Å². The maximum Gasteiger partial charge on any atom is 0.0577 e. The van der Waals surface area contributed by atoms with Crippen LogP contribution in [0.2, 0.25) is 0 Å². The lowest BCUT2D eigenvalue weighted by Gasteiger charge is -2.25. The minimum absolute atomic E-state index is 0.0672. The molecule has 20 heavy (non-hydrogen) atoms. The van der Waals surface area contributed by atoms with Crippen molar-refractivity contribution in [2.75, 3.05) is 26.0 Å². The third-order valence-corrected chi connectivity index (χ3v) is 5.21. The van der Waals surface area contributed by atoms with Crippen molar-refractivity contribution in [3.63, 3.8) is 0 Å². The molecule has 0 spiro atoms. The molecule has 0 aliphatic rings. The van der Waals surface area contributed by atoms with Gasteiger partial charge in [-0.2, -0.15) is 0 Å². The van der Waals surface area contributed by atoms with Gasteiger partial charge < -0.3 is 10.1 Å². The van der Waals surface area contributed by atoms with Gasteiger partial charge in [-0.1, -0.05) is 38.1 Å². The second kappa shape index (κ2) is 9.27. The van der Waals surface area contributed by atoms with Gasteiger partial charge in [0.05, 0.1) is 11.9 Å². The van der Waals surface area contributed by atoms with E-state index in [9.17, 15) is 4.21 Å². The number of ether oxygens (including phenoxy) is 1. The van der Waals surface area contributed by atoms with Gasteiger partial charge in [0.1, 0.15) is 0 Å². The number of aryl methyl sites for hydroxylation is 1. The third kappa shape index (κ3) is 5.00. The van der Waals surface area contributed by atoms with E-state index in [4.69, 9.17) is 4.74 Å². The summed E-state index contributed by atoms with van der Waals surface area (Å²) in [5.74, 6) is 0.590. The molecule has 114 valence electrons. The van der Waals surface area contributed by atoms with Gasteiger partial charge in [0.25, 0.3) is 0 Å². The number of hydrogen-bond acceptors (Lipinski definition) is 3. The topological polar surface area (TPSA) is 38.3 Å². The number of rotatable bonds is 9. The SMILES string of the molecule is CCNC(c1ccc(CC)cc1)C(C)S(=O)CCOC. The van der Waals surface area contributed by atoms with Gasteiger partial charge in [0.2, 0.25) is 0 Å². The lowest BCUT2D eigenvalue weighted by molar-refractivity contribution is 0.217. The average molecular weight is 297 g/mol. The second-order valence-corrected chi connectivity index (χ2v) is 6.83. The summed E-state index contributed by atoms with van der Waals surface area (Å²) < 4.78 is 17.3. The molecule has 3 unspecified atom stereocenters. The summed E-state index contributed by atoms with van der Waals surface area (Å²) in [6, 6.07) is 8.74. The standard InChI is InChI=1S/C16H27NO2S/c1-5-14-7-9-15(10-8-14)16(17-6-2)13(3)20(18)12-11-19-4/h7-10,13,16-17H,5-6,11-12H2,1-4H3. The highest BCUT2D eigenvalue weighted by Crippen LogP contribution is 2.21. The Morgan fingerprint density at radius 2 is 1.90 bits per heavy atom. The average Bonchev–Trinajstić information content (AvgIpc) is 2.49. The van der Waals surface area contributed by atoms with Crippen LogP contribution in [0.3, 0.4) is 0 Å². The van der Waals surface area contributed by atoms with Crippen LogP contribution in [0.25, 0.3) is 0 Å². The first-order valence-electron chi connectivity index (χ1n) is 7.32. The minimum Gasteiger partial charge on any atom is -0.384 e. The Bertz CT molecular complexity index is 405. The normalized spacial score (nSPS) is 15.8. The molecule has 0 fully saturated rings. The van der Waals surface area contributed by atoms with E-state index in [1.807, 2.05) is 6.92 Å². The predicted molar refractivity (Wildman–Crippen MR) is 86.6 cm³/mol. The van der Waals surface area contributed by atoms with Crippen molar-refractivity contribution in [1.82, 2.24) is 5.32 Å². The Morgan fingerprint density at radius 3 is 2.40 bits per heavy atom. The van der Waals surface area contributed by atoms with E-state index < -0.39 is 10.8 Å². The fourth-order valence-corrected chi connectivity index (χ4v) is 3.50. The predicted octanol–water partition coefficient (Wildman–Crippen LogP) is 2.68. The molecule has 0 saturated carbocycles. The van der Waals surface area contributed by atoms with Gasteiger partial charge in [-0.3, -0.25) is 4.21 Å². The molecule has 0 amide bonds. The fourth-order valence-electron chi connectivity index (χ4n) is 2.24. The van der Waals surface area contributed by atoms with Gasteiger partial charge in [-0.25, -0.2) is 0 Å². The Hall–Kier alpha value is -0.710. The highest BCUT2D eigenvalue weighted by Gasteiger charge is 2.23. The Kier molecular flexibility index (Phi) is 8.04. The van der Waals surface area contributed by atoms with Gasteiger partial charge in [-0.15, -0.1) is 0 Å². The molecule has 0 aliphatic heterocycles. The largest absolute Gasteiger partial charge is 0.384 e. The van der Waals surface area contributed by atoms with Crippen molar-refractivity contribution in [3.8, 4) is 0 Å². The maximum absolute atomic E-state index is 12.3. The van der Waals surface area contributed by atoms with Crippen molar-refractivity contribution in [2.24, 2.45) is 0 Å². The zero-order chi connectivity index (χ0) is 15.0. The molecular weight excluding hydrogens is 270 g/mol. The first-order chi connectivity index (χ1) is 9.63. The number of nitrogens with one attached hydrogen (secondary N) is 1. The zero-order valence-corrected chi connectivity index (χ0v) is 13.8. The van der Waals surface area contributed by atoms with Gasteiger partial charge in [0, 0.05) is 29.7 Å². The Balaban J connectivity index is 2.82. The molecule has 3 atom stereocenters. The van der Waals surface area contributed by atoms with Crippen LogP contribution in [-0.4, -0.2) is 35.5 Å². The van der Waals surface area contributed by atoms with Crippen molar-refractivity contribution in [3.05, 3.63) is 35.4 Å². The summed E-state index contributed by atoms with van der Waals surface area (Å²) in [5, 5.41) is 3.53.